The fourth-order valence-electron chi connectivity index (χ4n) is 2.12. The van der Waals surface area contributed by atoms with E-state index in [0.717, 1.165) is 20.7 Å². The monoisotopic (exact) mass is 351 g/mol. The van der Waals surface area contributed by atoms with Gasteiger partial charge in [0.05, 0.1) is 9.26 Å². The van der Waals surface area contributed by atoms with Crippen molar-refractivity contribution < 1.29 is 0 Å². The van der Waals surface area contributed by atoms with Crippen LogP contribution in [0.1, 0.15) is 31.0 Å². The zero-order valence-corrected chi connectivity index (χ0v) is 12.1. The highest BCUT2D eigenvalue weighted by Crippen LogP contribution is 2.36. The number of benzene rings is 1. The number of nitrogens with two attached hydrogens (primary N) is 1. The molecule has 18 heavy (non-hydrogen) atoms. The molecule has 0 amide bonds. The summed E-state index contributed by atoms with van der Waals surface area (Å²) in [5.41, 5.74) is 8.09. The Bertz CT molecular complexity index is 565. The first kappa shape index (κ1) is 11.9. The van der Waals surface area contributed by atoms with E-state index in [0.29, 0.717) is 11.7 Å². The molecular formula is C14H14IN3. The van der Waals surface area contributed by atoms with Crippen LogP contribution in [0.15, 0.2) is 30.3 Å². The predicted molar refractivity (Wildman–Crippen MR) is 81.2 cm³/mol. The van der Waals surface area contributed by atoms with Gasteiger partial charge in [0.25, 0.3) is 0 Å². The Hall–Kier alpha value is -1.17. The number of halogens is 1. The normalized spacial score (nSPS) is 15.4. The van der Waals surface area contributed by atoms with Gasteiger partial charge in [0.2, 0.25) is 0 Å². The Morgan fingerprint density at radius 2 is 1.83 bits per heavy atom. The van der Waals surface area contributed by atoms with Crippen LogP contribution in [0.3, 0.4) is 0 Å². The van der Waals surface area contributed by atoms with Crippen LogP contribution in [0.25, 0.3) is 11.3 Å². The summed E-state index contributed by atoms with van der Waals surface area (Å²) in [5, 5.41) is 0. The van der Waals surface area contributed by atoms with E-state index in [1.165, 1.54) is 19.3 Å². The van der Waals surface area contributed by atoms with E-state index < -0.39 is 0 Å². The topological polar surface area (TPSA) is 51.8 Å². The molecule has 2 N–H and O–H groups in total. The predicted octanol–water partition coefficient (Wildman–Crippen LogP) is 3.60. The fourth-order valence-corrected chi connectivity index (χ4v) is 2.67. The third kappa shape index (κ3) is 2.09. The molecule has 1 aliphatic carbocycles. The second kappa shape index (κ2) is 4.84. The molecule has 1 aliphatic rings. The largest absolute Gasteiger partial charge is 0.383 e. The van der Waals surface area contributed by atoms with Crippen LogP contribution >= 0.6 is 22.6 Å². The van der Waals surface area contributed by atoms with Crippen molar-refractivity contribution in [1.82, 2.24) is 9.97 Å². The van der Waals surface area contributed by atoms with Gasteiger partial charge in [-0.1, -0.05) is 36.8 Å². The van der Waals surface area contributed by atoms with Gasteiger partial charge < -0.3 is 5.73 Å². The first-order valence-corrected chi connectivity index (χ1v) is 7.22. The Labute approximate surface area is 120 Å². The number of hydrogen-bond donors (Lipinski definition) is 1. The summed E-state index contributed by atoms with van der Waals surface area (Å²) in [7, 11) is 0. The average Bonchev–Trinajstić information content (AvgIpc) is 2.32. The lowest BCUT2D eigenvalue weighted by Gasteiger charge is -2.24. The SMILES string of the molecule is Nc1nc(C2CCC2)nc(-c2ccccc2)c1I. The number of anilines is 1. The Morgan fingerprint density at radius 3 is 2.44 bits per heavy atom. The van der Waals surface area contributed by atoms with Crippen molar-refractivity contribution in [2.45, 2.75) is 25.2 Å². The summed E-state index contributed by atoms with van der Waals surface area (Å²) in [6.07, 6.45) is 3.66. The van der Waals surface area contributed by atoms with Crippen molar-refractivity contribution in [2.24, 2.45) is 0 Å². The molecule has 1 saturated carbocycles. The van der Waals surface area contributed by atoms with Gasteiger partial charge in [-0.25, -0.2) is 9.97 Å². The van der Waals surface area contributed by atoms with Crippen molar-refractivity contribution in [1.29, 1.82) is 0 Å². The van der Waals surface area contributed by atoms with Gasteiger partial charge in [0, 0.05) is 11.5 Å². The van der Waals surface area contributed by atoms with Crippen LogP contribution in [0.4, 0.5) is 5.82 Å². The first-order chi connectivity index (χ1) is 8.75. The second-order valence-corrected chi connectivity index (χ2v) is 5.70. The van der Waals surface area contributed by atoms with E-state index in [2.05, 4.69) is 39.7 Å². The molecule has 92 valence electrons. The second-order valence-electron chi connectivity index (χ2n) is 4.62. The molecule has 0 atom stereocenters. The minimum Gasteiger partial charge on any atom is -0.383 e. The number of nitrogen functional groups attached to an aromatic ring is 1. The molecule has 3 nitrogen and oxygen atoms in total. The maximum absolute atomic E-state index is 6.02. The molecule has 1 heterocycles. The molecule has 3 rings (SSSR count). The van der Waals surface area contributed by atoms with Crippen LogP contribution in [0, 0.1) is 3.57 Å². The third-order valence-corrected chi connectivity index (χ3v) is 4.48. The minimum atomic E-state index is 0.506. The van der Waals surface area contributed by atoms with Gasteiger partial charge in [0.1, 0.15) is 11.6 Å². The van der Waals surface area contributed by atoms with E-state index in [9.17, 15) is 0 Å². The van der Waals surface area contributed by atoms with Crippen molar-refractivity contribution in [3.63, 3.8) is 0 Å². The number of aromatic nitrogens is 2. The summed E-state index contributed by atoms with van der Waals surface area (Å²) < 4.78 is 0.946. The molecule has 0 spiro atoms. The summed E-state index contributed by atoms with van der Waals surface area (Å²) in [4.78, 5) is 9.17. The van der Waals surface area contributed by atoms with Crippen LogP contribution in [0.5, 0.6) is 0 Å². The molecule has 1 fully saturated rings. The van der Waals surface area contributed by atoms with Gasteiger partial charge in [-0.3, -0.25) is 0 Å². The molecular weight excluding hydrogens is 337 g/mol. The lowest BCUT2D eigenvalue weighted by molar-refractivity contribution is 0.402. The van der Waals surface area contributed by atoms with E-state index in [-0.39, 0.29) is 0 Å². The summed E-state index contributed by atoms with van der Waals surface area (Å²) in [5.74, 6) is 2.02. The van der Waals surface area contributed by atoms with E-state index in [1.54, 1.807) is 0 Å². The molecule has 0 unspecified atom stereocenters. The molecule has 0 aliphatic heterocycles. The average molecular weight is 351 g/mol. The smallest absolute Gasteiger partial charge is 0.141 e. The molecule has 0 radical (unpaired) electrons. The maximum Gasteiger partial charge on any atom is 0.141 e. The van der Waals surface area contributed by atoms with Gasteiger partial charge in [-0.2, -0.15) is 0 Å². The highest BCUT2D eigenvalue weighted by Gasteiger charge is 2.24. The van der Waals surface area contributed by atoms with Crippen LogP contribution in [0.2, 0.25) is 0 Å². The van der Waals surface area contributed by atoms with Crippen molar-refractivity contribution in [3.8, 4) is 11.3 Å². The molecule has 0 saturated heterocycles. The Kier molecular flexibility index (Phi) is 3.20. The lowest BCUT2D eigenvalue weighted by atomic mass is 9.85. The quantitative estimate of drug-likeness (QED) is 0.842. The van der Waals surface area contributed by atoms with Gasteiger partial charge in [-0.05, 0) is 35.4 Å². The van der Waals surface area contributed by atoms with E-state index in [4.69, 9.17) is 10.7 Å². The summed E-state index contributed by atoms with van der Waals surface area (Å²) >= 11 is 2.23. The maximum atomic E-state index is 6.02. The highest BCUT2D eigenvalue weighted by atomic mass is 127. The Balaban J connectivity index is 2.10. The molecule has 0 bridgehead atoms. The molecule has 2 aromatic rings. The van der Waals surface area contributed by atoms with Crippen molar-refractivity contribution in [3.05, 3.63) is 39.7 Å². The standard InChI is InChI=1S/C14H14IN3/c15-11-12(9-5-2-1-3-6-9)17-14(18-13(11)16)10-7-4-8-10/h1-3,5-6,10H,4,7-8H2,(H2,16,17,18). The summed E-state index contributed by atoms with van der Waals surface area (Å²) in [6, 6.07) is 10.2. The van der Waals surface area contributed by atoms with Gasteiger partial charge >= 0.3 is 0 Å². The zero-order valence-electron chi connectivity index (χ0n) is 9.94. The van der Waals surface area contributed by atoms with E-state index >= 15 is 0 Å². The highest BCUT2D eigenvalue weighted by molar-refractivity contribution is 14.1. The molecule has 4 heteroatoms. The number of nitrogens with zero attached hydrogens (tertiary/aromatic N) is 2. The molecule has 1 aromatic heterocycles. The minimum absolute atomic E-state index is 0.506. The number of rotatable bonds is 2. The van der Waals surface area contributed by atoms with Crippen LogP contribution in [-0.4, -0.2) is 9.97 Å². The van der Waals surface area contributed by atoms with E-state index in [1.807, 2.05) is 18.2 Å². The van der Waals surface area contributed by atoms with Gasteiger partial charge in [-0.15, -0.1) is 0 Å². The first-order valence-electron chi connectivity index (χ1n) is 6.14. The fraction of sp³-hybridized carbons (Fsp3) is 0.286. The van der Waals surface area contributed by atoms with Crippen LogP contribution < -0.4 is 5.73 Å². The van der Waals surface area contributed by atoms with Crippen molar-refractivity contribution in [2.75, 3.05) is 5.73 Å². The summed E-state index contributed by atoms with van der Waals surface area (Å²) in [6.45, 7) is 0. The van der Waals surface area contributed by atoms with Gasteiger partial charge in [0.15, 0.2) is 0 Å². The van der Waals surface area contributed by atoms with Crippen molar-refractivity contribution >= 4 is 28.4 Å². The van der Waals surface area contributed by atoms with Crippen LogP contribution in [-0.2, 0) is 0 Å². The number of hydrogen-bond acceptors (Lipinski definition) is 3. The molecule has 1 aromatic carbocycles. The third-order valence-electron chi connectivity index (χ3n) is 3.41. The zero-order chi connectivity index (χ0) is 12.5. The lowest BCUT2D eigenvalue weighted by Crippen LogP contribution is -2.15. The Morgan fingerprint density at radius 1 is 1.11 bits per heavy atom.